The average molecular weight is 365 g/mol. The van der Waals surface area contributed by atoms with Crippen molar-refractivity contribution in [1.29, 1.82) is 5.26 Å². The van der Waals surface area contributed by atoms with Crippen LogP contribution in [0.4, 0.5) is 0 Å². The molecule has 0 aliphatic heterocycles. The Morgan fingerprint density at radius 1 is 1.19 bits per heavy atom. The molecule has 0 aliphatic carbocycles. The molecule has 2 aromatic carbocycles. The van der Waals surface area contributed by atoms with Gasteiger partial charge in [0, 0.05) is 10.5 Å². The summed E-state index contributed by atoms with van der Waals surface area (Å²) < 4.78 is 27.9. The first-order chi connectivity index (χ1) is 9.92. The highest BCUT2D eigenvalue weighted by molar-refractivity contribution is 9.10. The number of hydrogen-bond donors (Lipinski definition) is 1. The van der Waals surface area contributed by atoms with E-state index in [1.54, 1.807) is 55.5 Å². The number of rotatable bonds is 4. The van der Waals surface area contributed by atoms with E-state index in [0.717, 1.165) is 5.56 Å². The van der Waals surface area contributed by atoms with E-state index in [9.17, 15) is 8.42 Å². The predicted molar refractivity (Wildman–Crippen MR) is 84.0 cm³/mol. The summed E-state index contributed by atoms with van der Waals surface area (Å²) in [5.74, 6) is 0. The van der Waals surface area contributed by atoms with Crippen LogP contribution in [0.1, 0.15) is 24.1 Å². The van der Waals surface area contributed by atoms with Gasteiger partial charge in [-0.15, -0.1) is 0 Å². The van der Waals surface area contributed by atoms with Crippen molar-refractivity contribution in [2.75, 3.05) is 0 Å². The molecule has 0 saturated carbocycles. The molecule has 0 bridgehead atoms. The molecule has 0 spiro atoms. The van der Waals surface area contributed by atoms with Crippen molar-refractivity contribution in [1.82, 2.24) is 4.72 Å². The fourth-order valence-corrected chi connectivity index (χ4v) is 3.68. The lowest BCUT2D eigenvalue weighted by Crippen LogP contribution is -2.26. The topological polar surface area (TPSA) is 70.0 Å². The summed E-state index contributed by atoms with van der Waals surface area (Å²) in [5.41, 5.74) is 1.34. The van der Waals surface area contributed by atoms with Crippen LogP contribution >= 0.6 is 15.9 Å². The largest absolute Gasteiger partial charge is 0.241 e. The van der Waals surface area contributed by atoms with Crippen molar-refractivity contribution in [2.45, 2.75) is 17.9 Å². The van der Waals surface area contributed by atoms with Gasteiger partial charge in [0.2, 0.25) is 10.0 Å². The zero-order valence-electron chi connectivity index (χ0n) is 11.2. The van der Waals surface area contributed by atoms with E-state index < -0.39 is 10.0 Å². The molecule has 6 heteroatoms. The Morgan fingerprint density at radius 2 is 1.86 bits per heavy atom. The van der Waals surface area contributed by atoms with Crippen LogP contribution in [0, 0.1) is 11.3 Å². The fourth-order valence-electron chi connectivity index (χ4n) is 1.85. The van der Waals surface area contributed by atoms with Crippen LogP contribution in [0.5, 0.6) is 0 Å². The number of sulfonamides is 1. The van der Waals surface area contributed by atoms with Gasteiger partial charge in [0.15, 0.2) is 0 Å². The minimum atomic E-state index is -3.59. The second kappa shape index (κ2) is 6.39. The summed E-state index contributed by atoms with van der Waals surface area (Å²) in [7, 11) is -3.59. The third-order valence-corrected chi connectivity index (χ3v) is 5.01. The van der Waals surface area contributed by atoms with E-state index >= 15 is 0 Å². The first kappa shape index (κ1) is 15.7. The molecule has 0 aromatic heterocycles. The van der Waals surface area contributed by atoms with E-state index in [4.69, 9.17) is 5.26 Å². The van der Waals surface area contributed by atoms with Gasteiger partial charge in [-0.3, -0.25) is 0 Å². The lowest BCUT2D eigenvalue weighted by molar-refractivity contribution is 0.567. The first-order valence-electron chi connectivity index (χ1n) is 6.20. The molecule has 0 fully saturated rings. The van der Waals surface area contributed by atoms with Gasteiger partial charge in [-0.2, -0.15) is 5.26 Å². The maximum absolute atomic E-state index is 12.3. The molecular weight excluding hydrogens is 352 g/mol. The van der Waals surface area contributed by atoms with Crippen molar-refractivity contribution in [3.8, 4) is 6.07 Å². The van der Waals surface area contributed by atoms with Crippen molar-refractivity contribution in [3.05, 3.63) is 64.1 Å². The van der Waals surface area contributed by atoms with Gasteiger partial charge >= 0.3 is 0 Å². The smallest absolute Gasteiger partial charge is 0.207 e. The van der Waals surface area contributed by atoms with Crippen molar-refractivity contribution in [3.63, 3.8) is 0 Å². The Balaban J connectivity index is 2.21. The maximum Gasteiger partial charge on any atom is 0.241 e. The second-order valence-electron chi connectivity index (χ2n) is 4.53. The number of halogens is 1. The molecule has 108 valence electrons. The molecule has 2 rings (SSSR count). The molecule has 1 unspecified atom stereocenters. The first-order valence-corrected chi connectivity index (χ1v) is 8.48. The minimum Gasteiger partial charge on any atom is -0.207 e. The Hall–Kier alpha value is -1.68. The van der Waals surface area contributed by atoms with Crippen LogP contribution in [0.25, 0.3) is 0 Å². The van der Waals surface area contributed by atoms with Gasteiger partial charge in [-0.25, -0.2) is 13.1 Å². The monoisotopic (exact) mass is 364 g/mol. The van der Waals surface area contributed by atoms with E-state index in [-0.39, 0.29) is 10.9 Å². The number of hydrogen-bond acceptors (Lipinski definition) is 3. The van der Waals surface area contributed by atoms with E-state index in [1.165, 1.54) is 0 Å². The Labute approximate surface area is 132 Å². The van der Waals surface area contributed by atoms with Crippen LogP contribution in [0.2, 0.25) is 0 Å². The highest BCUT2D eigenvalue weighted by Gasteiger charge is 2.18. The molecule has 2 aromatic rings. The van der Waals surface area contributed by atoms with Crippen LogP contribution in [0.15, 0.2) is 57.9 Å². The van der Waals surface area contributed by atoms with Gasteiger partial charge in [0.25, 0.3) is 0 Å². The van der Waals surface area contributed by atoms with Crippen LogP contribution in [-0.2, 0) is 10.0 Å². The third kappa shape index (κ3) is 3.91. The van der Waals surface area contributed by atoms with E-state index in [1.807, 2.05) is 6.07 Å². The van der Waals surface area contributed by atoms with Gasteiger partial charge in [-0.1, -0.05) is 34.1 Å². The highest BCUT2D eigenvalue weighted by atomic mass is 79.9. The van der Waals surface area contributed by atoms with Crippen molar-refractivity contribution < 1.29 is 8.42 Å². The quantitative estimate of drug-likeness (QED) is 0.903. The van der Waals surface area contributed by atoms with Crippen molar-refractivity contribution in [2.24, 2.45) is 0 Å². The fraction of sp³-hybridized carbons (Fsp3) is 0.133. The standard InChI is InChI=1S/C15H13BrN2O2S/c1-11(13-7-5-12(10-17)6-8-13)18-21(19,20)15-4-2-3-14(16)9-15/h2-9,11,18H,1H3. The molecular formula is C15H13BrN2O2S. The summed E-state index contributed by atoms with van der Waals surface area (Å²) >= 11 is 3.26. The van der Waals surface area contributed by atoms with Crippen LogP contribution in [0.3, 0.4) is 0 Å². The minimum absolute atomic E-state index is 0.206. The van der Waals surface area contributed by atoms with Gasteiger partial charge in [-0.05, 0) is 42.8 Å². The zero-order chi connectivity index (χ0) is 15.5. The number of nitrogens with zero attached hydrogens (tertiary/aromatic N) is 1. The second-order valence-corrected chi connectivity index (χ2v) is 7.16. The average Bonchev–Trinajstić information content (AvgIpc) is 2.47. The Bertz CT molecular complexity index is 780. The van der Waals surface area contributed by atoms with Gasteiger partial charge < -0.3 is 0 Å². The molecule has 0 aliphatic rings. The molecule has 0 amide bonds. The van der Waals surface area contributed by atoms with Crippen molar-refractivity contribution >= 4 is 26.0 Å². The molecule has 0 radical (unpaired) electrons. The predicted octanol–water partition coefficient (Wildman–Crippen LogP) is 3.36. The number of nitrogens with one attached hydrogen (secondary N) is 1. The Morgan fingerprint density at radius 3 is 2.43 bits per heavy atom. The normalized spacial score (nSPS) is 12.6. The van der Waals surface area contributed by atoms with Gasteiger partial charge in [0.05, 0.1) is 16.5 Å². The highest BCUT2D eigenvalue weighted by Crippen LogP contribution is 2.20. The zero-order valence-corrected chi connectivity index (χ0v) is 13.6. The Kier molecular flexibility index (Phi) is 4.78. The van der Waals surface area contributed by atoms with Crippen LogP contribution in [-0.4, -0.2) is 8.42 Å². The summed E-state index contributed by atoms with van der Waals surface area (Å²) in [6.45, 7) is 1.76. The molecule has 0 heterocycles. The molecule has 1 atom stereocenters. The summed E-state index contributed by atoms with van der Waals surface area (Å²) in [4.78, 5) is 0.206. The van der Waals surface area contributed by atoms with Crippen LogP contribution < -0.4 is 4.72 Å². The SMILES string of the molecule is CC(NS(=O)(=O)c1cccc(Br)c1)c1ccc(C#N)cc1. The lowest BCUT2D eigenvalue weighted by Gasteiger charge is -2.15. The molecule has 1 N–H and O–H groups in total. The molecule has 0 saturated heterocycles. The third-order valence-electron chi connectivity index (χ3n) is 2.98. The lowest BCUT2D eigenvalue weighted by atomic mass is 10.1. The summed E-state index contributed by atoms with van der Waals surface area (Å²) in [6, 6.07) is 15.0. The number of nitriles is 1. The van der Waals surface area contributed by atoms with E-state index in [0.29, 0.717) is 10.0 Å². The number of benzene rings is 2. The summed E-state index contributed by atoms with van der Waals surface area (Å²) in [5, 5.41) is 8.76. The summed E-state index contributed by atoms with van der Waals surface area (Å²) in [6.07, 6.45) is 0. The molecule has 4 nitrogen and oxygen atoms in total. The van der Waals surface area contributed by atoms with E-state index in [2.05, 4.69) is 20.7 Å². The van der Waals surface area contributed by atoms with Gasteiger partial charge in [0.1, 0.15) is 0 Å². The maximum atomic E-state index is 12.3. The molecule has 21 heavy (non-hydrogen) atoms.